The van der Waals surface area contributed by atoms with Gasteiger partial charge in [0.2, 0.25) is 0 Å². The highest BCUT2D eigenvalue weighted by atomic mass is 16.2. The number of benzene rings is 1. The minimum atomic E-state index is -0.374. The van der Waals surface area contributed by atoms with Crippen LogP contribution in [0.3, 0.4) is 0 Å². The molecular formula is C17H17N5O. The third kappa shape index (κ3) is 3.55. The molecule has 116 valence electrons. The van der Waals surface area contributed by atoms with E-state index in [-0.39, 0.29) is 6.03 Å². The average molecular weight is 307 g/mol. The summed E-state index contributed by atoms with van der Waals surface area (Å²) in [6.07, 6.45) is 0. The van der Waals surface area contributed by atoms with E-state index in [9.17, 15) is 4.79 Å². The predicted molar refractivity (Wildman–Crippen MR) is 90.3 cm³/mol. The lowest BCUT2D eigenvalue weighted by Gasteiger charge is -2.04. The lowest BCUT2D eigenvalue weighted by atomic mass is 10.1. The van der Waals surface area contributed by atoms with Crippen LogP contribution in [0.2, 0.25) is 0 Å². The van der Waals surface area contributed by atoms with Gasteiger partial charge in [-0.15, -0.1) is 0 Å². The van der Waals surface area contributed by atoms with Crippen LogP contribution in [0.1, 0.15) is 5.69 Å². The molecular weight excluding hydrogens is 290 g/mol. The van der Waals surface area contributed by atoms with E-state index in [1.807, 2.05) is 62.5 Å². The lowest BCUT2D eigenvalue weighted by Crippen LogP contribution is -2.20. The number of carbonyl (C=O) groups is 1. The second-order valence-corrected chi connectivity index (χ2v) is 5.15. The molecule has 0 unspecified atom stereocenters. The first-order valence-electron chi connectivity index (χ1n) is 7.23. The molecule has 3 aromatic rings. The number of carbonyl (C=O) groups excluding carboxylic acids is 1. The summed E-state index contributed by atoms with van der Waals surface area (Å²) < 4.78 is 1.73. The minimum absolute atomic E-state index is 0.374. The van der Waals surface area contributed by atoms with Crippen molar-refractivity contribution in [2.45, 2.75) is 6.92 Å². The first-order chi connectivity index (χ1) is 11.1. The molecule has 0 fully saturated rings. The summed E-state index contributed by atoms with van der Waals surface area (Å²) >= 11 is 0. The van der Waals surface area contributed by atoms with Gasteiger partial charge in [0.1, 0.15) is 5.82 Å². The Balaban J connectivity index is 1.72. The van der Waals surface area contributed by atoms with Crippen LogP contribution in [0.4, 0.5) is 16.4 Å². The molecule has 0 atom stereocenters. The summed E-state index contributed by atoms with van der Waals surface area (Å²) in [5, 5.41) is 9.72. The van der Waals surface area contributed by atoms with E-state index in [0.717, 1.165) is 17.0 Å². The molecule has 6 nitrogen and oxygen atoms in total. The van der Waals surface area contributed by atoms with E-state index in [1.165, 1.54) is 0 Å². The molecule has 1 aromatic carbocycles. The number of anilines is 2. The Bertz CT molecular complexity index is 826. The van der Waals surface area contributed by atoms with Crippen molar-refractivity contribution in [3.8, 4) is 11.3 Å². The molecule has 0 aliphatic carbocycles. The fourth-order valence-electron chi connectivity index (χ4n) is 2.28. The molecule has 23 heavy (non-hydrogen) atoms. The number of hydrogen-bond acceptors (Lipinski definition) is 3. The summed E-state index contributed by atoms with van der Waals surface area (Å²) in [6.45, 7) is 1.87. The normalized spacial score (nSPS) is 10.3. The highest BCUT2D eigenvalue weighted by molar-refractivity contribution is 5.98. The monoisotopic (exact) mass is 307 g/mol. The van der Waals surface area contributed by atoms with Crippen LogP contribution in [-0.4, -0.2) is 20.8 Å². The lowest BCUT2D eigenvalue weighted by molar-refractivity contribution is 0.262. The molecule has 0 radical (unpaired) electrons. The van der Waals surface area contributed by atoms with Crippen molar-refractivity contribution in [1.82, 2.24) is 14.8 Å². The maximum atomic E-state index is 12.0. The smallest absolute Gasteiger partial charge is 0.292 e. The van der Waals surface area contributed by atoms with Crippen LogP contribution in [0.15, 0.2) is 54.6 Å². The Hall–Kier alpha value is -3.15. The van der Waals surface area contributed by atoms with Crippen molar-refractivity contribution in [3.05, 3.63) is 60.3 Å². The zero-order chi connectivity index (χ0) is 16.2. The quantitative estimate of drug-likeness (QED) is 0.778. The summed E-state index contributed by atoms with van der Waals surface area (Å²) in [4.78, 5) is 16.3. The number of nitrogens with zero attached hydrogens (tertiary/aromatic N) is 3. The number of urea groups is 1. The second-order valence-electron chi connectivity index (χ2n) is 5.15. The van der Waals surface area contributed by atoms with Gasteiger partial charge < -0.3 is 0 Å². The van der Waals surface area contributed by atoms with Gasteiger partial charge in [-0.3, -0.25) is 15.3 Å². The highest BCUT2D eigenvalue weighted by Crippen LogP contribution is 2.21. The number of aromatic nitrogens is 3. The number of rotatable bonds is 3. The molecule has 0 bridgehead atoms. The van der Waals surface area contributed by atoms with Crippen LogP contribution in [0.25, 0.3) is 11.3 Å². The molecule has 0 spiro atoms. The number of aryl methyl sites for hydroxylation is 2. The van der Waals surface area contributed by atoms with E-state index in [1.54, 1.807) is 10.7 Å². The fourth-order valence-corrected chi connectivity index (χ4v) is 2.28. The standard InChI is InChI=1S/C17H17N5O/c1-12-7-6-10-15(18-12)19-17(23)20-16-11-14(22(2)21-16)13-8-4-3-5-9-13/h3-11H,1-2H3,(H2,18,19,20,21,23). The summed E-state index contributed by atoms with van der Waals surface area (Å²) in [5.74, 6) is 0.984. The van der Waals surface area contributed by atoms with Gasteiger partial charge >= 0.3 is 6.03 Å². The van der Waals surface area contributed by atoms with E-state index < -0.39 is 0 Å². The average Bonchev–Trinajstić information content (AvgIpc) is 2.88. The van der Waals surface area contributed by atoms with Gasteiger partial charge in [-0.1, -0.05) is 36.4 Å². The molecule has 6 heteroatoms. The Morgan fingerprint density at radius 1 is 1.00 bits per heavy atom. The molecule has 2 amide bonds. The minimum Gasteiger partial charge on any atom is -0.292 e. The largest absolute Gasteiger partial charge is 0.326 e. The zero-order valence-corrected chi connectivity index (χ0v) is 12.9. The molecule has 0 aliphatic heterocycles. The summed E-state index contributed by atoms with van der Waals surface area (Å²) in [6, 6.07) is 16.8. The maximum Gasteiger partial charge on any atom is 0.326 e. The second kappa shape index (κ2) is 6.31. The highest BCUT2D eigenvalue weighted by Gasteiger charge is 2.10. The number of amides is 2. The van der Waals surface area contributed by atoms with Crippen molar-refractivity contribution < 1.29 is 4.79 Å². The topological polar surface area (TPSA) is 71.8 Å². The fraction of sp³-hybridized carbons (Fsp3) is 0.118. The Morgan fingerprint density at radius 3 is 2.48 bits per heavy atom. The molecule has 0 saturated carbocycles. The number of pyridine rings is 1. The van der Waals surface area contributed by atoms with Crippen molar-refractivity contribution in [2.75, 3.05) is 10.6 Å². The van der Waals surface area contributed by atoms with Crippen molar-refractivity contribution in [1.29, 1.82) is 0 Å². The molecule has 0 saturated heterocycles. The molecule has 3 rings (SSSR count). The zero-order valence-electron chi connectivity index (χ0n) is 12.9. The Kier molecular flexibility index (Phi) is 4.05. The van der Waals surface area contributed by atoms with Crippen LogP contribution in [-0.2, 0) is 7.05 Å². The van der Waals surface area contributed by atoms with Gasteiger partial charge in [0.25, 0.3) is 0 Å². The van der Waals surface area contributed by atoms with Crippen LogP contribution < -0.4 is 10.6 Å². The van der Waals surface area contributed by atoms with Gasteiger partial charge in [0.15, 0.2) is 5.82 Å². The molecule has 2 N–H and O–H groups in total. The third-order valence-corrected chi connectivity index (χ3v) is 3.32. The molecule has 0 aliphatic rings. The van der Waals surface area contributed by atoms with E-state index >= 15 is 0 Å². The molecule has 2 heterocycles. The first-order valence-corrected chi connectivity index (χ1v) is 7.23. The summed E-state index contributed by atoms with van der Waals surface area (Å²) in [7, 11) is 1.84. The predicted octanol–water partition coefficient (Wildman–Crippen LogP) is 3.43. The molecule has 2 aromatic heterocycles. The van der Waals surface area contributed by atoms with Crippen molar-refractivity contribution in [2.24, 2.45) is 7.05 Å². The number of hydrogen-bond donors (Lipinski definition) is 2. The van der Waals surface area contributed by atoms with Crippen molar-refractivity contribution >= 4 is 17.7 Å². The third-order valence-electron chi connectivity index (χ3n) is 3.32. The van der Waals surface area contributed by atoms with Crippen LogP contribution >= 0.6 is 0 Å². The van der Waals surface area contributed by atoms with Gasteiger partial charge in [-0.25, -0.2) is 9.78 Å². The van der Waals surface area contributed by atoms with Gasteiger partial charge in [-0.2, -0.15) is 5.10 Å². The van der Waals surface area contributed by atoms with Gasteiger partial charge in [0.05, 0.1) is 5.69 Å². The first kappa shape index (κ1) is 14.8. The Labute approximate surface area is 134 Å². The Morgan fingerprint density at radius 2 is 1.74 bits per heavy atom. The van der Waals surface area contributed by atoms with Crippen LogP contribution in [0, 0.1) is 6.92 Å². The van der Waals surface area contributed by atoms with Gasteiger partial charge in [-0.05, 0) is 24.6 Å². The van der Waals surface area contributed by atoms with Gasteiger partial charge in [0, 0.05) is 18.8 Å². The maximum absolute atomic E-state index is 12.0. The van der Waals surface area contributed by atoms with Crippen molar-refractivity contribution in [3.63, 3.8) is 0 Å². The SMILES string of the molecule is Cc1cccc(NC(=O)Nc2cc(-c3ccccc3)n(C)n2)n1. The summed E-state index contributed by atoms with van der Waals surface area (Å²) in [5.41, 5.74) is 2.80. The number of nitrogens with one attached hydrogen (secondary N) is 2. The van der Waals surface area contributed by atoms with E-state index in [2.05, 4.69) is 20.7 Å². The van der Waals surface area contributed by atoms with E-state index in [4.69, 9.17) is 0 Å². The van der Waals surface area contributed by atoms with E-state index in [0.29, 0.717) is 11.6 Å². The van der Waals surface area contributed by atoms with Crippen LogP contribution in [0.5, 0.6) is 0 Å².